The summed E-state index contributed by atoms with van der Waals surface area (Å²) < 4.78 is 13.1. The smallest absolute Gasteiger partial charge is 0.308 e. The van der Waals surface area contributed by atoms with Crippen molar-refractivity contribution in [3.8, 4) is 0 Å². The maximum absolute atomic E-state index is 11.1. The molecule has 0 bridgehead atoms. The Morgan fingerprint density at radius 2 is 1.06 bits per heavy atom. The second-order valence-corrected chi connectivity index (χ2v) is 3.48. The standard InChI is InChI=1S/C10H16O7/c1-15-7(11)4-10(14,5-8(12)16-2)6-9(13)17-3/h14H,4-6H2,1-3H3. The number of hydrogen-bond donors (Lipinski definition) is 1. The lowest BCUT2D eigenvalue weighted by Crippen LogP contribution is -2.38. The predicted octanol–water partition coefficient (Wildman–Crippen LogP) is -0.593. The van der Waals surface area contributed by atoms with Gasteiger partial charge in [-0.2, -0.15) is 0 Å². The molecule has 0 heterocycles. The van der Waals surface area contributed by atoms with E-state index in [0.717, 1.165) is 21.3 Å². The summed E-state index contributed by atoms with van der Waals surface area (Å²) in [5.74, 6) is -2.21. The molecule has 0 spiro atoms. The van der Waals surface area contributed by atoms with Crippen LogP contribution < -0.4 is 0 Å². The minimum absolute atomic E-state index is 0.492. The molecule has 0 aromatic rings. The van der Waals surface area contributed by atoms with Gasteiger partial charge in [0, 0.05) is 0 Å². The van der Waals surface area contributed by atoms with Gasteiger partial charge in [-0.15, -0.1) is 0 Å². The Bertz CT molecular complexity index is 251. The fraction of sp³-hybridized carbons (Fsp3) is 0.700. The first-order valence-corrected chi connectivity index (χ1v) is 4.79. The Labute approximate surface area is 98.6 Å². The zero-order chi connectivity index (χ0) is 13.5. The minimum Gasteiger partial charge on any atom is -0.469 e. The molecule has 17 heavy (non-hydrogen) atoms. The summed E-state index contributed by atoms with van der Waals surface area (Å²) >= 11 is 0. The SMILES string of the molecule is COC(=O)CC(O)(CC(=O)OC)CC(=O)OC. The quantitative estimate of drug-likeness (QED) is 0.495. The third kappa shape index (κ3) is 5.86. The highest BCUT2D eigenvalue weighted by Gasteiger charge is 2.36. The number of ether oxygens (including phenoxy) is 3. The zero-order valence-corrected chi connectivity index (χ0v) is 10.0. The lowest BCUT2D eigenvalue weighted by Gasteiger charge is -2.24. The Morgan fingerprint density at radius 1 is 0.824 bits per heavy atom. The molecule has 7 heteroatoms. The van der Waals surface area contributed by atoms with Gasteiger partial charge in [0.2, 0.25) is 0 Å². The lowest BCUT2D eigenvalue weighted by atomic mass is 9.92. The second-order valence-electron chi connectivity index (χ2n) is 3.48. The monoisotopic (exact) mass is 248 g/mol. The van der Waals surface area contributed by atoms with Crippen molar-refractivity contribution in [3.05, 3.63) is 0 Å². The average molecular weight is 248 g/mol. The summed E-state index contributed by atoms with van der Waals surface area (Å²) in [4.78, 5) is 33.2. The second kappa shape index (κ2) is 6.85. The molecule has 0 aromatic carbocycles. The Balaban J connectivity index is 4.72. The molecule has 0 saturated heterocycles. The first-order chi connectivity index (χ1) is 7.86. The maximum Gasteiger partial charge on any atom is 0.308 e. The van der Waals surface area contributed by atoms with Crippen LogP contribution in [-0.2, 0) is 28.6 Å². The maximum atomic E-state index is 11.1. The van der Waals surface area contributed by atoms with Crippen molar-refractivity contribution in [1.82, 2.24) is 0 Å². The van der Waals surface area contributed by atoms with Crippen LogP contribution in [0.1, 0.15) is 19.3 Å². The van der Waals surface area contributed by atoms with Gasteiger partial charge >= 0.3 is 17.9 Å². The van der Waals surface area contributed by atoms with Crippen LogP contribution >= 0.6 is 0 Å². The zero-order valence-electron chi connectivity index (χ0n) is 10.0. The van der Waals surface area contributed by atoms with E-state index >= 15 is 0 Å². The molecule has 0 aliphatic carbocycles. The fourth-order valence-electron chi connectivity index (χ4n) is 1.21. The molecular weight excluding hydrogens is 232 g/mol. The minimum atomic E-state index is -1.85. The average Bonchev–Trinajstić information content (AvgIpc) is 2.27. The molecule has 0 atom stereocenters. The Morgan fingerprint density at radius 3 is 1.24 bits per heavy atom. The summed E-state index contributed by atoms with van der Waals surface area (Å²) in [5.41, 5.74) is -1.85. The Kier molecular flexibility index (Phi) is 6.19. The van der Waals surface area contributed by atoms with Crippen molar-refractivity contribution < 1.29 is 33.7 Å². The van der Waals surface area contributed by atoms with Gasteiger partial charge in [0.1, 0.15) is 0 Å². The predicted molar refractivity (Wildman–Crippen MR) is 54.8 cm³/mol. The van der Waals surface area contributed by atoms with Gasteiger partial charge in [0.15, 0.2) is 0 Å². The highest BCUT2D eigenvalue weighted by atomic mass is 16.5. The molecule has 0 aliphatic rings. The first kappa shape index (κ1) is 15.4. The van der Waals surface area contributed by atoms with Crippen LogP contribution in [0.3, 0.4) is 0 Å². The highest BCUT2D eigenvalue weighted by molar-refractivity contribution is 5.78. The van der Waals surface area contributed by atoms with E-state index in [1.807, 2.05) is 0 Å². The molecule has 7 nitrogen and oxygen atoms in total. The number of aliphatic hydroxyl groups is 1. The lowest BCUT2D eigenvalue weighted by molar-refractivity contribution is -0.157. The van der Waals surface area contributed by atoms with Gasteiger partial charge in [-0.05, 0) is 0 Å². The van der Waals surface area contributed by atoms with E-state index in [2.05, 4.69) is 14.2 Å². The summed E-state index contributed by atoms with van der Waals surface area (Å²) in [6.45, 7) is 0. The molecular formula is C10H16O7. The number of esters is 3. The van der Waals surface area contributed by atoms with Crippen molar-refractivity contribution >= 4 is 17.9 Å². The van der Waals surface area contributed by atoms with Crippen LogP contribution in [-0.4, -0.2) is 49.9 Å². The third-order valence-electron chi connectivity index (χ3n) is 2.10. The van der Waals surface area contributed by atoms with Gasteiger partial charge < -0.3 is 19.3 Å². The number of hydrogen-bond acceptors (Lipinski definition) is 7. The molecule has 98 valence electrons. The van der Waals surface area contributed by atoms with E-state index in [4.69, 9.17) is 0 Å². The summed E-state index contributed by atoms with van der Waals surface area (Å²) in [6.07, 6.45) is -1.48. The molecule has 0 amide bonds. The van der Waals surface area contributed by atoms with Crippen LogP contribution in [0.25, 0.3) is 0 Å². The normalized spacial score (nSPS) is 10.6. The van der Waals surface area contributed by atoms with Crippen molar-refractivity contribution in [2.24, 2.45) is 0 Å². The first-order valence-electron chi connectivity index (χ1n) is 4.79. The molecule has 0 unspecified atom stereocenters. The Hall–Kier alpha value is -1.63. The van der Waals surface area contributed by atoms with Gasteiger partial charge in [-0.1, -0.05) is 0 Å². The molecule has 0 fully saturated rings. The summed E-state index contributed by atoms with van der Waals surface area (Å²) in [5, 5.41) is 10.0. The molecule has 0 saturated carbocycles. The highest BCUT2D eigenvalue weighted by Crippen LogP contribution is 2.22. The summed E-state index contributed by atoms with van der Waals surface area (Å²) in [6, 6.07) is 0. The summed E-state index contributed by atoms with van der Waals surface area (Å²) in [7, 11) is 3.41. The van der Waals surface area contributed by atoms with E-state index in [1.54, 1.807) is 0 Å². The molecule has 0 rings (SSSR count). The van der Waals surface area contributed by atoms with Crippen LogP contribution in [0.15, 0.2) is 0 Å². The van der Waals surface area contributed by atoms with Crippen molar-refractivity contribution in [2.45, 2.75) is 24.9 Å². The van der Waals surface area contributed by atoms with E-state index in [0.29, 0.717) is 0 Å². The molecule has 1 N–H and O–H groups in total. The van der Waals surface area contributed by atoms with Crippen LogP contribution in [0, 0.1) is 0 Å². The van der Waals surface area contributed by atoms with E-state index in [-0.39, 0.29) is 0 Å². The van der Waals surface area contributed by atoms with Crippen molar-refractivity contribution in [1.29, 1.82) is 0 Å². The number of carbonyl (C=O) groups excluding carboxylic acids is 3. The van der Waals surface area contributed by atoms with E-state index < -0.39 is 42.8 Å². The van der Waals surface area contributed by atoms with Gasteiger partial charge in [-0.3, -0.25) is 14.4 Å². The fourth-order valence-corrected chi connectivity index (χ4v) is 1.21. The van der Waals surface area contributed by atoms with E-state index in [1.165, 1.54) is 0 Å². The topological polar surface area (TPSA) is 99.1 Å². The molecule has 0 radical (unpaired) electrons. The van der Waals surface area contributed by atoms with Crippen molar-refractivity contribution in [2.75, 3.05) is 21.3 Å². The van der Waals surface area contributed by atoms with Crippen LogP contribution in [0.5, 0.6) is 0 Å². The van der Waals surface area contributed by atoms with E-state index in [9.17, 15) is 19.5 Å². The van der Waals surface area contributed by atoms with Gasteiger partial charge in [0.05, 0.1) is 46.2 Å². The van der Waals surface area contributed by atoms with Crippen LogP contribution in [0.2, 0.25) is 0 Å². The molecule has 0 aliphatic heterocycles. The number of carbonyl (C=O) groups is 3. The van der Waals surface area contributed by atoms with Gasteiger partial charge in [-0.25, -0.2) is 0 Å². The van der Waals surface area contributed by atoms with Gasteiger partial charge in [0.25, 0.3) is 0 Å². The number of rotatable bonds is 6. The number of methoxy groups -OCH3 is 3. The van der Waals surface area contributed by atoms with Crippen molar-refractivity contribution in [3.63, 3.8) is 0 Å². The molecule has 0 aromatic heterocycles. The largest absolute Gasteiger partial charge is 0.469 e. The van der Waals surface area contributed by atoms with Crippen LogP contribution in [0.4, 0.5) is 0 Å². The third-order valence-corrected chi connectivity index (χ3v) is 2.10.